The van der Waals surface area contributed by atoms with Gasteiger partial charge in [0.25, 0.3) is 5.91 Å². The minimum Gasteiger partial charge on any atom is -0.465 e. The highest BCUT2D eigenvalue weighted by Crippen LogP contribution is 2.29. The highest BCUT2D eigenvalue weighted by molar-refractivity contribution is 5.90. The predicted octanol–water partition coefficient (Wildman–Crippen LogP) is 3.42. The second-order valence-corrected chi connectivity index (χ2v) is 6.08. The molecule has 2 atom stereocenters. The van der Waals surface area contributed by atoms with Crippen molar-refractivity contribution in [1.29, 1.82) is 0 Å². The number of hydrogen-bond acceptors (Lipinski definition) is 4. The Balaban J connectivity index is 1.55. The third kappa shape index (κ3) is 4.38. The molecule has 1 aliphatic carbocycles. The van der Waals surface area contributed by atoms with E-state index in [1.54, 1.807) is 19.1 Å². The van der Waals surface area contributed by atoms with Gasteiger partial charge in [-0.05, 0) is 55.5 Å². The van der Waals surface area contributed by atoms with Crippen LogP contribution in [0.25, 0.3) is 6.08 Å². The molecule has 5 heteroatoms. The lowest BCUT2D eigenvalue weighted by atomic mass is 9.87. The summed E-state index contributed by atoms with van der Waals surface area (Å²) >= 11 is 0. The zero-order chi connectivity index (χ0) is 17.6. The normalized spacial score (nSPS) is 17.7. The van der Waals surface area contributed by atoms with Crippen molar-refractivity contribution in [2.24, 2.45) is 0 Å². The molecule has 1 N–H and O–H groups in total. The molecule has 0 bridgehead atoms. The number of rotatable bonds is 5. The summed E-state index contributed by atoms with van der Waals surface area (Å²) in [5.41, 5.74) is 2.42. The van der Waals surface area contributed by atoms with E-state index in [4.69, 9.17) is 9.15 Å². The Morgan fingerprint density at radius 1 is 1.28 bits per heavy atom. The van der Waals surface area contributed by atoms with Gasteiger partial charge in [-0.2, -0.15) is 0 Å². The maximum Gasteiger partial charge on any atom is 0.331 e. The molecule has 3 rings (SSSR count). The second kappa shape index (κ2) is 7.83. The lowest BCUT2D eigenvalue weighted by molar-refractivity contribution is -0.150. The molecule has 2 aromatic rings. The van der Waals surface area contributed by atoms with E-state index in [9.17, 15) is 9.59 Å². The van der Waals surface area contributed by atoms with Crippen LogP contribution < -0.4 is 5.32 Å². The van der Waals surface area contributed by atoms with Crippen LogP contribution in [0.2, 0.25) is 0 Å². The molecule has 1 aliphatic rings. The van der Waals surface area contributed by atoms with Crippen LogP contribution in [-0.2, 0) is 20.7 Å². The van der Waals surface area contributed by atoms with Crippen molar-refractivity contribution >= 4 is 18.0 Å². The van der Waals surface area contributed by atoms with Gasteiger partial charge in [-0.1, -0.05) is 24.3 Å². The summed E-state index contributed by atoms with van der Waals surface area (Å²) in [4.78, 5) is 24.2. The molecule has 0 radical (unpaired) electrons. The van der Waals surface area contributed by atoms with E-state index in [-0.39, 0.29) is 11.9 Å². The monoisotopic (exact) mass is 339 g/mol. The van der Waals surface area contributed by atoms with Gasteiger partial charge < -0.3 is 14.5 Å². The molecule has 1 amide bonds. The lowest BCUT2D eigenvalue weighted by Crippen LogP contribution is -2.39. The number of amides is 1. The topological polar surface area (TPSA) is 68.5 Å². The first-order valence-electron chi connectivity index (χ1n) is 8.44. The smallest absolute Gasteiger partial charge is 0.331 e. The minimum absolute atomic E-state index is 0.0303. The SMILES string of the molecule is C[C@H](OC(=O)/C=C/c1ccco1)C(=O)N[C@@H]1CCCc2ccccc21. The van der Waals surface area contributed by atoms with Crippen LogP contribution in [0.5, 0.6) is 0 Å². The summed E-state index contributed by atoms with van der Waals surface area (Å²) in [5, 5.41) is 2.99. The number of benzene rings is 1. The van der Waals surface area contributed by atoms with Gasteiger partial charge in [0.05, 0.1) is 12.3 Å². The first-order chi connectivity index (χ1) is 12.1. The first kappa shape index (κ1) is 17.0. The van der Waals surface area contributed by atoms with Crippen molar-refractivity contribution in [1.82, 2.24) is 5.32 Å². The Labute approximate surface area is 146 Å². The minimum atomic E-state index is -0.858. The summed E-state index contributed by atoms with van der Waals surface area (Å²) < 4.78 is 10.3. The predicted molar refractivity (Wildman–Crippen MR) is 93.6 cm³/mol. The molecular weight excluding hydrogens is 318 g/mol. The first-order valence-corrected chi connectivity index (χ1v) is 8.44. The third-order valence-corrected chi connectivity index (χ3v) is 4.27. The Morgan fingerprint density at radius 3 is 2.92 bits per heavy atom. The number of carbonyl (C=O) groups excluding carboxylic acids is 2. The van der Waals surface area contributed by atoms with E-state index in [0.29, 0.717) is 5.76 Å². The average molecular weight is 339 g/mol. The van der Waals surface area contributed by atoms with Gasteiger partial charge in [-0.3, -0.25) is 4.79 Å². The number of ether oxygens (including phenoxy) is 1. The summed E-state index contributed by atoms with van der Waals surface area (Å²) in [5.74, 6) is -0.322. The van der Waals surface area contributed by atoms with Crippen molar-refractivity contribution in [2.75, 3.05) is 0 Å². The van der Waals surface area contributed by atoms with Gasteiger partial charge in [-0.25, -0.2) is 4.79 Å². The third-order valence-electron chi connectivity index (χ3n) is 4.27. The van der Waals surface area contributed by atoms with Crippen LogP contribution in [0.3, 0.4) is 0 Å². The van der Waals surface area contributed by atoms with Crippen LogP contribution in [0, 0.1) is 0 Å². The van der Waals surface area contributed by atoms with E-state index >= 15 is 0 Å². The highest BCUT2D eigenvalue weighted by Gasteiger charge is 2.24. The van der Waals surface area contributed by atoms with Crippen molar-refractivity contribution in [2.45, 2.75) is 38.3 Å². The fourth-order valence-electron chi connectivity index (χ4n) is 3.00. The quantitative estimate of drug-likeness (QED) is 0.669. The molecule has 25 heavy (non-hydrogen) atoms. The number of esters is 1. The molecule has 0 saturated carbocycles. The average Bonchev–Trinajstić information content (AvgIpc) is 3.14. The number of carbonyl (C=O) groups is 2. The molecule has 0 saturated heterocycles. The van der Waals surface area contributed by atoms with Crippen molar-refractivity contribution < 1.29 is 18.7 Å². The summed E-state index contributed by atoms with van der Waals surface area (Å²) in [6.07, 6.45) is 6.36. The number of furan rings is 1. The van der Waals surface area contributed by atoms with Crippen molar-refractivity contribution in [3.8, 4) is 0 Å². The number of nitrogens with one attached hydrogen (secondary N) is 1. The Bertz CT molecular complexity index is 764. The summed E-state index contributed by atoms with van der Waals surface area (Å²) in [7, 11) is 0. The molecule has 1 aromatic heterocycles. The molecule has 0 spiro atoms. The molecular formula is C20H21NO4. The second-order valence-electron chi connectivity index (χ2n) is 6.08. The molecule has 0 aliphatic heterocycles. The molecule has 0 fully saturated rings. The Kier molecular flexibility index (Phi) is 5.33. The molecule has 1 heterocycles. The van der Waals surface area contributed by atoms with Crippen LogP contribution >= 0.6 is 0 Å². The Morgan fingerprint density at radius 2 is 2.12 bits per heavy atom. The highest BCUT2D eigenvalue weighted by atomic mass is 16.5. The van der Waals surface area contributed by atoms with Gasteiger partial charge in [0, 0.05) is 6.08 Å². The number of fused-ring (bicyclic) bond motifs is 1. The maximum absolute atomic E-state index is 12.4. The molecule has 5 nitrogen and oxygen atoms in total. The van der Waals surface area contributed by atoms with Gasteiger partial charge in [0.1, 0.15) is 5.76 Å². The standard InChI is InChI=1S/C20H21NO4/c1-14(25-19(22)12-11-16-8-5-13-24-16)20(23)21-18-10-4-7-15-6-2-3-9-17(15)18/h2-3,5-6,8-9,11-14,18H,4,7,10H2,1H3,(H,21,23)/b12-11+/t14-,18+/m0/s1. The van der Waals surface area contributed by atoms with Crippen molar-refractivity contribution in [3.63, 3.8) is 0 Å². The van der Waals surface area contributed by atoms with E-state index in [2.05, 4.69) is 11.4 Å². The van der Waals surface area contributed by atoms with Gasteiger partial charge in [-0.15, -0.1) is 0 Å². The van der Waals surface area contributed by atoms with E-state index in [0.717, 1.165) is 24.8 Å². The molecule has 0 unspecified atom stereocenters. The largest absolute Gasteiger partial charge is 0.465 e. The molecule has 130 valence electrons. The maximum atomic E-state index is 12.4. The van der Waals surface area contributed by atoms with E-state index in [1.165, 1.54) is 24.0 Å². The van der Waals surface area contributed by atoms with Gasteiger partial charge in [0.15, 0.2) is 6.10 Å². The van der Waals surface area contributed by atoms with Gasteiger partial charge >= 0.3 is 5.97 Å². The van der Waals surface area contributed by atoms with Crippen LogP contribution in [0.15, 0.2) is 53.2 Å². The zero-order valence-electron chi connectivity index (χ0n) is 14.1. The number of hydrogen-bond donors (Lipinski definition) is 1. The van der Waals surface area contributed by atoms with Crippen LogP contribution in [0.1, 0.15) is 42.7 Å². The number of aryl methyl sites for hydroxylation is 1. The fraction of sp³-hybridized carbons (Fsp3) is 0.300. The van der Waals surface area contributed by atoms with E-state index in [1.807, 2.05) is 18.2 Å². The Hall–Kier alpha value is -2.82. The van der Waals surface area contributed by atoms with Crippen molar-refractivity contribution in [3.05, 3.63) is 65.6 Å². The molecule has 1 aromatic carbocycles. The zero-order valence-corrected chi connectivity index (χ0v) is 14.1. The lowest BCUT2D eigenvalue weighted by Gasteiger charge is -2.27. The van der Waals surface area contributed by atoms with Crippen LogP contribution in [0.4, 0.5) is 0 Å². The fourth-order valence-corrected chi connectivity index (χ4v) is 3.00. The van der Waals surface area contributed by atoms with E-state index < -0.39 is 12.1 Å². The van der Waals surface area contributed by atoms with Gasteiger partial charge in [0.2, 0.25) is 0 Å². The summed E-state index contributed by atoms with van der Waals surface area (Å²) in [6.45, 7) is 1.57. The summed E-state index contributed by atoms with van der Waals surface area (Å²) in [6, 6.07) is 11.5. The van der Waals surface area contributed by atoms with Crippen LogP contribution in [-0.4, -0.2) is 18.0 Å².